The van der Waals surface area contributed by atoms with Crippen LogP contribution in [0.25, 0.3) is 11.0 Å². The number of fused-ring (bicyclic) bond motifs is 3. The smallest absolute Gasteiger partial charge is 0.251 e. The van der Waals surface area contributed by atoms with Crippen LogP contribution >= 0.6 is 0 Å². The summed E-state index contributed by atoms with van der Waals surface area (Å²) in [5, 5.41) is 3.79. The zero-order chi connectivity index (χ0) is 23.2. The molecule has 6 rings (SSSR count). The maximum absolute atomic E-state index is 13.0. The number of hydrogen-bond acceptors (Lipinski definition) is 5. The Morgan fingerprint density at radius 1 is 1.03 bits per heavy atom. The fourth-order valence-electron chi connectivity index (χ4n) is 5.21. The van der Waals surface area contributed by atoms with Gasteiger partial charge in [0.15, 0.2) is 0 Å². The van der Waals surface area contributed by atoms with Gasteiger partial charge >= 0.3 is 0 Å². The van der Waals surface area contributed by atoms with Crippen LogP contribution < -0.4 is 16.0 Å². The Labute approximate surface area is 196 Å². The molecular weight excluding hydrogens is 428 g/mol. The lowest BCUT2D eigenvalue weighted by Crippen LogP contribution is -2.49. The molecule has 0 spiro atoms. The molecule has 2 aromatic heterocycles. The Balaban J connectivity index is 1.32. The summed E-state index contributed by atoms with van der Waals surface area (Å²) in [5.74, 6) is 0.0539. The van der Waals surface area contributed by atoms with Crippen LogP contribution in [0.2, 0.25) is 0 Å². The van der Waals surface area contributed by atoms with Gasteiger partial charge in [-0.2, -0.15) is 0 Å². The second-order valence-corrected chi connectivity index (χ2v) is 8.94. The molecule has 2 unspecified atom stereocenters. The third-order valence-corrected chi connectivity index (χ3v) is 7.03. The van der Waals surface area contributed by atoms with E-state index in [9.17, 15) is 9.59 Å². The van der Waals surface area contributed by atoms with Crippen LogP contribution in [0.3, 0.4) is 0 Å². The van der Waals surface area contributed by atoms with Gasteiger partial charge in [0.25, 0.3) is 5.91 Å². The SMILES string of the molecule is NC(=O)c1c[nH]c2ncnc(N3Cc4ccccc4CC3CNC(=O)C3Cc4ccccc43)c12. The molecule has 2 atom stereocenters. The van der Waals surface area contributed by atoms with Crippen molar-refractivity contribution in [2.45, 2.75) is 31.3 Å². The molecule has 170 valence electrons. The van der Waals surface area contributed by atoms with Crippen LogP contribution in [-0.4, -0.2) is 39.4 Å². The van der Waals surface area contributed by atoms with Crippen LogP contribution in [0.15, 0.2) is 61.1 Å². The largest absolute Gasteiger partial charge is 0.366 e. The van der Waals surface area contributed by atoms with Crippen molar-refractivity contribution >= 4 is 28.7 Å². The van der Waals surface area contributed by atoms with Gasteiger partial charge in [-0.1, -0.05) is 48.5 Å². The molecule has 0 saturated carbocycles. The van der Waals surface area contributed by atoms with E-state index in [-0.39, 0.29) is 17.9 Å². The van der Waals surface area contributed by atoms with Gasteiger partial charge < -0.3 is 20.9 Å². The first kappa shape index (κ1) is 20.4. The molecule has 4 aromatic rings. The summed E-state index contributed by atoms with van der Waals surface area (Å²) in [4.78, 5) is 39.1. The summed E-state index contributed by atoms with van der Waals surface area (Å²) in [5.41, 5.74) is 11.4. The number of nitrogens with zero attached hydrogens (tertiary/aromatic N) is 3. The minimum absolute atomic E-state index is 0.0390. The van der Waals surface area contributed by atoms with Crippen molar-refractivity contribution in [3.8, 4) is 0 Å². The normalized spacial score (nSPS) is 18.6. The highest BCUT2D eigenvalue weighted by molar-refractivity contribution is 6.09. The summed E-state index contributed by atoms with van der Waals surface area (Å²) in [6.07, 6.45) is 4.59. The molecule has 4 N–H and O–H groups in total. The average Bonchev–Trinajstić information content (AvgIpc) is 3.28. The maximum Gasteiger partial charge on any atom is 0.251 e. The highest BCUT2D eigenvalue weighted by atomic mass is 16.2. The predicted octanol–water partition coefficient (Wildman–Crippen LogP) is 2.44. The van der Waals surface area contributed by atoms with Crippen LogP contribution in [0.5, 0.6) is 0 Å². The minimum Gasteiger partial charge on any atom is -0.366 e. The lowest BCUT2D eigenvalue weighted by molar-refractivity contribution is -0.123. The van der Waals surface area contributed by atoms with Crippen molar-refractivity contribution in [1.29, 1.82) is 0 Å². The number of amides is 2. The van der Waals surface area contributed by atoms with Crippen LogP contribution in [0, 0.1) is 0 Å². The van der Waals surface area contributed by atoms with Gasteiger partial charge in [0, 0.05) is 19.3 Å². The summed E-state index contributed by atoms with van der Waals surface area (Å²) >= 11 is 0. The van der Waals surface area contributed by atoms with Gasteiger partial charge in [0.2, 0.25) is 5.91 Å². The lowest BCUT2D eigenvalue weighted by Gasteiger charge is -2.39. The average molecular weight is 453 g/mol. The van der Waals surface area contributed by atoms with E-state index in [1.807, 2.05) is 30.3 Å². The molecule has 1 aliphatic heterocycles. The second kappa shape index (κ2) is 7.98. The van der Waals surface area contributed by atoms with Gasteiger partial charge in [0.1, 0.15) is 17.8 Å². The number of rotatable bonds is 5. The second-order valence-electron chi connectivity index (χ2n) is 8.94. The molecular formula is C26H24N6O2. The standard InChI is InChI=1S/C26H24N6O2/c27-23(33)21-12-28-24-22(21)25(31-14-30-24)32-13-17-7-2-1-5-15(17)9-18(32)11-29-26(34)20-10-16-6-3-4-8-19(16)20/h1-8,12,14,18,20H,9-11,13H2,(H2,27,33)(H,29,34)(H,28,30,31). The zero-order valence-electron chi connectivity index (χ0n) is 18.5. The number of carbonyl (C=O) groups is 2. The number of carbonyl (C=O) groups excluding carboxylic acids is 2. The molecule has 0 saturated heterocycles. The number of hydrogen-bond donors (Lipinski definition) is 3. The predicted molar refractivity (Wildman–Crippen MR) is 128 cm³/mol. The van der Waals surface area contributed by atoms with E-state index in [2.05, 4.69) is 43.4 Å². The van der Waals surface area contributed by atoms with Crippen LogP contribution in [-0.2, 0) is 24.2 Å². The highest BCUT2D eigenvalue weighted by Crippen LogP contribution is 2.36. The Kier molecular flexibility index (Phi) is 4.79. The topological polar surface area (TPSA) is 117 Å². The number of benzene rings is 2. The first-order valence-electron chi connectivity index (χ1n) is 11.4. The Hall–Kier alpha value is -4.20. The van der Waals surface area contributed by atoms with Gasteiger partial charge in [-0.25, -0.2) is 9.97 Å². The van der Waals surface area contributed by atoms with E-state index < -0.39 is 5.91 Å². The summed E-state index contributed by atoms with van der Waals surface area (Å²) < 4.78 is 0. The molecule has 3 heterocycles. The molecule has 8 heteroatoms. The Morgan fingerprint density at radius 2 is 1.79 bits per heavy atom. The summed E-state index contributed by atoms with van der Waals surface area (Å²) in [6, 6.07) is 16.3. The molecule has 2 aliphatic rings. The summed E-state index contributed by atoms with van der Waals surface area (Å²) in [7, 11) is 0. The lowest BCUT2D eigenvalue weighted by atomic mass is 9.77. The van der Waals surface area contributed by atoms with Gasteiger partial charge in [-0.05, 0) is 35.1 Å². The summed E-state index contributed by atoms with van der Waals surface area (Å²) in [6.45, 7) is 1.08. The van der Waals surface area contributed by atoms with E-state index in [1.165, 1.54) is 23.0 Å². The monoisotopic (exact) mass is 452 g/mol. The van der Waals surface area contributed by atoms with Crippen molar-refractivity contribution in [3.63, 3.8) is 0 Å². The minimum atomic E-state index is -0.534. The zero-order valence-corrected chi connectivity index (χ0v) is 18.5. The number of primary amides is 1. The number of nitrogens with one attached hydrogen (secondary N) is 2. The number of aromatic nitrogens is 3. The highest BCUT2D eigenvalue weighted by Gasteiger charge is 2.34. The van der Waals surface area contributed by atoms with Gasteiger partial charge in [-0.15, -0.1) is 0 Å². The van der Waals surface area contributed by atoms with Crippen molar-refractivity contribution in [1.82, 2.24) is 20.3 Å². The first-order chi connectivity index (χ1) is 16.6. The molecule has 1 aliphatic carbocycles. The Bertz CT molecular complexity index is 1430. The molecule has 2 aromatic carbocycles. The van der Waals surface area contributed by atoms with Gasteiger partial charge in [0.05, 0.1) is 22.9 Å². The van der Waals surface area contributed by atoms with Crippen LogP contribution in [0.1, 0.15) is 38.5 Å². The number of H-pyrrole nitrogens is 1. The van der Waals surface area contributed by atoms with Crippen molar-refractivity contribution < 1.29 is 9.59 Å². The molecule has 2 amide bonds. The van der Waals surface area contributed by atoms with E-state index in [0.717, 1.165) is 18.4 Å². The van der Waals surface area contributed by atoms with E-state index in [0.29, 0.717) is 35.5 Å². The van der Waals surface area contributed by atoms with E-state index >= 15 is 0 Å². The van der Waals surface area contributed by atoms with E-state index in [1.54, 1.807) is 6.20 Å². The van der Waals surface area contributed by atoms with Crippen LogP contribution in [0.4, 0.5) is 5.82 Å². The fraction of sp³-hybridized carbons (Fsp3) is 0.231. The maximum atomic E-state index is 13.0. The van der Waals surface area contributed by atoms with Crippen molar-refractivity contribution in [2.75, 3.05) is 11.4 Å². The van der Waals surface area contributed by atoms with Crippen molar-refractivity contribution in [2.24, 2.45) is 5.73 Å². The molecule has 0 radical (unpaired) electrons. The molecule has 8 nitrogen and oxygen atoms in total. The third kappa shape index (κ3) is 3.30. The third-order valence-electron chi connectivity index (χ3n) is 7.03. The quantitative estimate of drug-likeness (QED) is 0.430. The van der Waals surface area contributed by atoms with E-state index in [4.69, 9.17) is 5.73 Å². The number of nitrogens with two attached hydrogens (primary N) is 1. The van der Waals surface area contributed by atoms with Gasteiger partial charge in [-0.3, -0.25) is 9.59 Å². The first-order valence-corrected chi connectivity index (χ1v) is 11.4. The number of anilines is 1. The van der Waals surface area contributed by atoms with Crippen molar-refractivity contribution in [3.05, 3.63) is 88.9 Å². The molecule has 0 bridgehead atoms. The molecule has 0 fully saturated rings. The number of aromatic amines is 1. The Morgan fingerprint density at radius 3 is 2.59 bits per heavy atom. The molecule has 34 heavy (non-hydrogen) atoms. The fourth-order valence-corrected chi connectivity index (χ4v) is 5.21.